The van der Waals surface area contributed by atoms with E-state index in [0.717, 1.165) is 42.0 Å². The summed E-state index contributed by atoms with van der Waals surface area (Å²) in [5, 5.41) is 9.74. The van der Waals surface area contributed by atoms with E-state index < -0.39 is 11.7 Å². The number of nitrogens with one attached hydrogen (secondary N) is 3. The number of likely N-dealkylation sites (tertiary alicyclic amines) is 1. The van der Waals surface area contributed by atoms with Gasteiger partial charge in [-0.2, -0.15) is 0 Å². The predicted octanol–water partition coefficient (Wildman–Crippen LogP) is 6.94. The number of hydrogen-bond acceptors (Lipinski definition) is 4. The van der Waals surface area contributed by atoms with Gasteiger partial charge in [0, 0.05) is 47.1 Å². The van der Waals surface area contributed by atoms with Crippen molar-refractivity contribution in [2.24, 2.45) is 0 Å². The molecule has 0 radical (unpaired) electrons. The predicted molar refractivity (Wildman–Crippen MR) is 165 cm³/mol. The molecule has 2 heterocycles. The van der Waals surface area contributed by atoms with E-state index in [2.05, 4.69) is 81.3 Å². The van der Waals surface area contributed by atoms with Crippen molar-refractivity contribution in [1.82, 2.24) is 4.90 Å². The second-order valence-electron chi connectivity index (χ2n) is 10.6. The Morgan fingerprint density at radius 2 is 1.80 bits per heavy atom. The van der Waals surface area contributed by atoms with Gasteiger partial charge in [-0.15, -0.1) is 0 Å². The number of para-hydroxylation sites is 1. The minimum absolute atomic E-state index is 0.115. The maximum absolute atomic E-state index is 13.8. The molecule has 0 spiro atoms. The molecule has 0 atom stereocenters. The number of benzene rings is 3. The first-order valence-electron chi connectivity index (χ1n) is 14.3. The van der Waals surface area contributed by atoms with E-state index in [-0.39, 0.29) is 5.69 Å². The molecule has 3 N–H and O–H groups in total. The molecule has 1 aliphatic carbocycles. The third-order valence-corrected chi connectivity index (χ3v) is 7.66. The second kappa shape index (κ2) is 12.3. The standard InChI is InChI=1S/C35H33FN4O/c36-31-10-4-5-11-32(31)39-34(41)19-15-25-14-18-29-30(23-37-33(29)22-25)35(27-8-2-1-3-9-27)38-28-16-12-26(13-17-28)24-40-20-6-7-21-40/h2,4-5,8-14,16-18,22,37-38H,1,3,6-7,20-21,23-24H2,(H,39,41)/b35-30+. The molecule has 6 heteroatoms. The van der Waals surface area contributed by atoms with Crippen LogP contribution >= 0.6 is 0 Å². The monoisotopic (exact) mass is 544 g/mol. The number of carbonyl (C=O) groups excluding carboxylic acids is 1. The maximum atomic E-state index is 13.8. The van der Waals surface area contributed by atoms with Gasteiger partial charge in [0.05, 0.1) is 11.4 Å². The van der Waals surface area contributed by atoms with Gasteiger partial charge in [-0.25, -0.2) is 4.39 Å². The lowest BCUT2D eigenvalue weighted by Gasteiger charge is -2.19. The molecule has 6 rings (SSSR count). The van der Waals surface area contributed by atoms with E-state index >= 15 is 0 Å². The molecule has 206 valence electrons. The number of halogens is 1. The SMILES string of the molecule is O=C(C#Cc1ccc2c(c1)NC/C2=C(\Nc1ccc(CN2CCCC2)cc1)C1=CCCC=C1)Nc1ccccc1F. The van der Waals surface area contributed by atoms with Crippen molar-refractivity contribution >= 4 is 28.5 Å². The molecule has 3 aromatic carbocycles. The van der Waals surface area contributed by atoms with E-state index in [0.29, 0.717) is 12.1 Å². The van der Waals surface area contributed by atoms with Gasteiger partial charge in [-0.1, -0.05) is 54.5 Å². The Hall–Kier alpha value is -4.60. The van der Waals surface area contributed by atoms with Crippen molar-refractivity contribution in [2.45, 2.75) is 32.2 Å². The molecule has 5 nitrogen and oxygen atoms in total. The Kier molecular flexibility index (Phi) is 7.97. The van der Waals surface area contributed by atoms with Crippen molar-refractivity contribution in [3.05, 3.63) is 119 Å². The molecule has 1 amide bonds. The Bertz CT molecular complexity index is 1600. The Labute approximate surface area is 240 Å². The highest BCUT2D eigenvalue weighted by molar-refractivity contribution is 6.04. The average Bonchev–Trinajstić information content (AvgIpc) is 3.67. The van der Waals surface area contributed by atoms with Crippen molar-refractivity contribution in [1.29, 1.82) is 0 Å². The fraction of sp³-hybridized carbons (Fsp3) is 0.229. The summed E-state index contributed by atoms with van der Waals surface area (Å²) >= 11 is 0. The maximum Gasteiger partial charge on any atom is 0.300 e. The summed E-state index contributed by atoms with van der Waals surface area (Å²) < 4.78 is 13.8. The lowest BCUT2D eigenvalue weighted by atomic mass is 9.96. The van der Waals surface area contributed by atoms with Gasteiger partial charge in [0.15, 0.2) is 0 Å². The molecular weight excluding hydrogens is 511 g/mol. The van der Waals surface area contributed by atoms with Crippen molar-refractivity contribution < 1.29 is 9.18 Å². The van der Waals surface area contributed by atoms with Crippen LogP contribution in [0, 0.1) is 17.7 Å². The molecule has 3 aliphatic rings. The summed E-state index contributed by atoms with van der Waals surface area (Å²) in [6.07, 6.45) is 11.4. The first kappa shape index (κ1) is 26.6. The molecule has 2 aliphatic heterocycles. The fourth-order valence-corrected chi connectivity index (χ4v) is 5.54. The van der Waals surface area contributed by atoms with Gasteiger partial charge in [-0.3, -0.25) is 9.69 Å². The number of carbonyl (C=O) groups is 1. The third-order valence-electron chi connectivity index (χ3n) is 7.66. The van der Waals surface area contributed by atoms with Crippen LogP contribution in [0.4, 0.5) is 21.5 Å². The summed E-state index contributed by atoms with van der Waals surface area (Å²) in [7, 11) is 0. The van der Waals surface area contributed by atoms with Gasteiger partial charge in [0.2, 0.25) is 0 Å². The zero-order valence-electron chi connectivity index (χ0n) is 23.0. The quantitative estimate of drug-likeness (QED) is 0.295. The number of allylic oxidation sites excluding steroid dienone is 3. The van der Waals surface area contributed by atoms with E-state index in [1.807, 2.05) is 12.1 Å². The fourth-order valence-electron chi connectivity index (χ4n) is 5.54. The van der Waals surface area contributed by atoms with Crippen LogP contribution in [0.3, 0.4) is 0 Å². The van der Waals surface area contributed by atoms with Gasteiger partial charge in [0.25, 0.3) is 0 Å². The summed E-state index contributed by atoms with van der Waals surface area (Å²) in [6, 6.07) is 20.8. The van der Waals surface area contributed by atoms with Crippen molar-refractivity contribution in [3.8, 4) is 11.8 Å². The normalized spacial score (nSPS) is 17.1. The van der Waals surface area contributed by atoms with Gasteiger partial charge < -0.3 is 16.0 Å². The first-order chi connectivity index (χ1) is 20.1. The highest BCUT2D eigenvalue weighted by Crippen LogP contribution is 2.37. The van der Waals surface area contributed by atoms with E-state index in [1.54, 1.807) is 12.1 Å². The van der Waals surface area contributed by atoms with Crippen LogP contribution in [-0.4, -0.2) is 30.4 Å². The molecule has 0 unspecified atom stereocenters. The number of fused-ring (bicyclic) bond motifs is 1. The minimum Gasteiger partial charge on any atom is -0.380 e. The second-order valence-corrected chi connectivity index (χ2v) is 10.6. The third kappa shape index (κ3) is 6.42. The number of rotatable bonds is 6. The summed E-state index contributed by atoms with van der Waals surface area (Å²) in [5.41, 5.74) is 8.79. The van der Waals surface area contributed by atoms with Gasteiger partial charge in [0.1, 0.15) is 5.82 Å². The zero-order valence-corrected chi connectivity index (χ0v) is 23.0. The number of hydrogen-bond donors (Lipinski definition) is 3. The Morgan fingerprint density at radius 1 is 0.976 bits per heavy atom. The molecule has 1 fully saturated rings. The smallest absolute Gasteiger partial charge is 0.300 e. The van der Waals surface area contributed by atoms with Crippen LogP contribution in [0.15, 0.2) is 96.2 Å². The molecule has 1 saturated heterocycles. The van der Waals surface area contributed by atoms with Gasteiger partial charge in [-0.05, 0) is 86.3 Å². The molecular formula is C35H33FN4O. The van der Waals surface area contributed by atoms with Crippen LogP contribution < -0.4 is 16.0 Å². The summed E-state index contributed by atoms with van der Waals surface area (Å²) in [4.78, 5) is 14.8. The minimum atomic E-state index is -0.557. The average molecular weight is 545 g/mol. The van der Waals surface area contributed by atoms with Crippen LogP contribution in [0.5, 0.6) is 0 Å². The van der Waals surface area contributed by atoms with Crippen molar-refractivity contribution in [3.63, 3.8) is 0 Å². The molecule has 0 aromatic heterocycles. The van der Waals surface area contributed by atoms with Crippen LogP contribution in [0.2, 0.25) is 0 Å². The highest BCUT2D eigenvalue weighted by atomic mass is 19.1. The summed E-state index contributed by atoms with van der Waals surface area (Å²) in [5.74, 6) is 4.43. The largest absolute Gasteiger partial charge is 0.380 e. The number of amides is 1. The van der Waals surface area contributed by atoms with E-state index in [1.165, 1.54) is 54.8 Å². The zero-order chi connectivity index (χ0) is 28.0. The lowest BCUT2D eigenvalue weighted by molar-refractivity contribution is -0.111. The first-order valence-corrected chi connectivity index (χ1v) is 14.3. The topological polar surface area (TPSA) is 56.4 Å². The molecule has 41 heavy (non-hydrogen) atoms. The molecule has 0 bridgehead atoms. The van der Waals surface area contributed by atoms with Gasteiger partial charge >= 0.3 is 5.91 Å². The molecule has 3 aromatic rings. The lowest BCUT2D eigenvalue weighted by Crippen LogP contribution is -2.18. The molecule has 0 saturated carbocycles. The number of anilines is 3. The summed E-state index contributed by atoms with van der Waals surface area (Å²) in [6.45, 7) is 4.07. The van der Waals surface area contributed by atoms with E-state index in [4.69, 9.17) is 0 Å². The number of nitrogens with zero attached hydrogens (tertiary/aromatic N) is 1. The van der Waals surface area contributed by atoms with Crippen molar-refractivity contribution in [2.75, 3.05) is 35.6 Å². The Balaban J connectivity index is 1.22. The van der Waals surface area contributed by atoms with E-state index in [9.17, 15) is 9.18 Å². The Morgan fingerprint density at radius 3 is 2.59 bits per heavy atom. The van der Waals surface area contributed by atoms with Crippen LogP contribution in [-0.2, 0) is 11.3 Å². The van der Waals surface area contributed by atoms with Crippen LogP contribution in [0.1, 0.15) is 42.4 Å². The highest BCUT2D eigenvalue weighted by Gasteiger charge is 2.22. The van der Waals surface area contributed by atoms with Crippen LogP contribution in [0.25, 0.3) is 5.57 Å².